The predicted octanol–water partition coefficient (Wildman–Crippen LogP) is 2.11. The molecule has 90 valence electrons. The maximum Gasteiger partial charge on any atom is 0.143 e. The van der Waals surface area contributed by atoms with E-state index in [2.05, 4.69) is 10.6 Å². The summed E-state index contributed by atoms with van der Waals surface area (Å²) in [6.07, 6.45) is 2.26. The molecule has 0 aliphatic carbocycles. The molecule has 3 nitrogen and oxygen atoms in total. The molecule has 1 aliphatic heterocycles. The van der Waals surface area contributed by atoms with Gasteiger partial charge in [0.15, 0.2) is 0 Å². The number of halogens is 1. The third-order valence-corrected chi connectivity index (χ3v) is 3.17. The Morgan fingerprint density at radius 2 is 2.18 bits per heavy atom. The van der Waals surface area contributed by atoms with Gasteiger partial charge in [-0.05, 0) is 44.0 Å². The minimum Gasteiger partial charge on any atom is -0.384 e. The van der Waals surface area contributed by atoms with Crippen LogP contribution in [0, 0.1) is 23.1 Å². The first-order valence-corrected chi connectivity index (χ1v) is 5.94. The van der Waals surface area contributed by atoms with Crippen molar-refractivity contribution in [1.29, 1.82) is 5.26 Å². The highest BCUT2D eigenvalue weighted by molar-refractivity contribution is 5.57. The van der Waals surface area contributed by atoms with Gasteiger partial charge < -0.3 is 10.6 Å². The van der Waals surface area contributed by atoms with Crippen molar-refractivity contribution in [2.24, 2.45) is 5.92 Å². The fourth-order valence-electron chi connectivity index (χ4n) is 2.13. The summed E-state index contributed by atoms with van der Waals surface area (Å²) in [4.78, 5) is 0. The van der Waals surface area contributed by atoms with Crippen LogP contribution in [0.2, 0.25) is 0 Å². The van der Waals surface area contributed by atoms with Crippen LogP contribution in [0.4, 0.5) is 10.1 Å². The Bertz CT molecular complexity index is 419. The normalized spacial score (nSPS) is 16.5. The number of nitriles is 1. The van der Waals surface area contributed by atoms with Gasteiger partial charge in [0.2, 0.25) is 0 Å². The number of hydrogen-bond acceptors (Lipinski definition) is 3. The van der Waals surface area contributed by atoms with E-state index >= 15 is 0 Å². The Balaban J connectivity index is 1.99. The van der Waals surface area contributed by atoms with Crippen molar-refractivity contribution in [2.45, 2.75) is 12.8 Å². The van der Waals surface area contributed by atoms with Crippen molar-refractivity contribution >= 4 is 5.69 Å². The zero-order valence-corrected chi connectivity index (χ0v) is 9.67. The Hall–Kier alpha value is -1.60. The molecule has 4 heteroatoms. The molecule has 1 fully saturated rings. The molecule has 1 heterocycles. The smallest absolute Gasteiger partial charge is 0.143 e. The van der Waals surface area contributed by atoms with Crippen LogP contribution < -0.4 is 10.6 Å². The molecule has 0 spiro atoms. The molecule has 0 radical (unpaired) electrons. The van der Waals surface area contributed by atoms with E-state index in [1.54, 1.807) is 12.1 Å². The fraction of sp³-hybridized carbons (Fsp3) is 0.462. The summed E-state index contributed by atoms with van der Waals surface area (Å²) in [5.41, 5.74) is 0.715. The summed E-state index contributed by atoms with van der Waals surface area (Å²) in [5, 5.41) is 15.4. The molecule has 1 saturated heterocycles. The number of rotatable bonds is 3. The lowest BCUT2D eigenvalue weighted by molar-refractivity contribution is 0.390. The van der Waals surface area contributed by atoms with Crippen LogP contribution in [-0.2, 0) is 0 Å². The zero-order valence-electron chi connectivity index (χ0n) is 9.67. The Kier molecular flexibility index (Phi) is 3.94. The van der Waals surface area contributed by atoms with E-state index in [1.807, 2.05) is 6.07 Å². The van der Waals surface area contributed by atoms with Gasteiger partial charge in [-0.1, -0.05) is 6.07 Å². The second-order valence-corrected chi connectivity index (χ2v) is 4.35. The van der Waals surface area contributed by atoms with Crippen LogP contribution in [0.3, 0.4) is 0 Å². The van der Waals surface area contributed by atoms with E-state index < -0.39 is 5.82 Å². The Morgan fingerprint density at radius 3 is 2.88 bits per heavy atom. The highest BCUT2D eigenvalue weighted by atomic mass is 19.1. The van der Waals surface area contributed by atoms with E-state index in [1.165, 1.54) is 6.07 Å². The van der Waals surface area contributed by atoms with Gasteiger partial charge in [-0.2, -0.15) is 5.26 Å². The summed E-state index contributed by atoms with van der Waals surface area (Å²) in [7, 11) is 0. The van der Waals surface area contributed by atoms with Gasteiger partial charge in [-0.3, -0.25) is 0 Å². The van der Waals surface area contributed by atoms with Crippen molar-refractivity contribution in [3.63, 3.8) is 0 Å². The monoisotopic (exact) mass is 233 g/mol. The van der Waals surface area contributed by atoms with Gasteiger partial charge in [0.05, 0.1) is 5.69 Å². The number of anilines is 1. The SMILES string of the molecule is N#Cc1c(F)cccc1NCC1CCNCC1. The molecule has 2 N–H and O–H groups in total. The first-order chi connectivity index (χ1) is 8.31. The highest BCUT2D eigenvalue weighted by Crippen LogP contribution is 2.19. The maximum atomic E-state index is 13.3. The summed E-state index contributed by atoms with van der Waals surface area (Å²) in [6.45, 7) is 2.89. The average Bonchev–Trinajstić information content (AvgIpc) is 2.37. The highest BCUT2D eigenvalue weighted by Gasteiger charge is 2.14. The number of hydrogen-bond donors (Lipinski definition) is 2. The second-order valence-electron chi connectivity index (χ2n) is 4.35. The van der Waals surface area contributed by atoms with Gasteiger partial charge in [-0.25, -0.2) is 4.39 Å². The molecule has 2 rings (SSSR count). The van der Waals surface area contributed by atoms with E-state index in [0.29, 0.717) is 11.6 Å². The molecule has 0 unspecified atom stereocenters. The number of nitrogens with one attached hydrogen (secondary N) is 2. The van der Waals surface area contributed by atoms with E-state index in [4.69, 9.17) is 5.26 Å². The lowest BCUT2D eigenvalue weighted by Crippen LogP contribution is -2.31. The first kappa shape index (κ1) is 11.9. The molecule has 1 aromatic carbocycles. The van der Waals surface area contributed by atoms with Crippen LogP contribution in [0.1, 0.15) is 18.4 Å². The van der Waals surface area contributed by atoms with Crippen molar-refractivity contribution < 1.29 is 4.39 Å². The van der Waals surface area contributed by atoms with E-state index in [0.717, 1.165) is 32.5 Å². The lowest BCUT2D eigenvalue weighted by atomic mass is 9.98. The van der Waals surface area contributed by atoms with E-state index in [-0.39, 0.29) is 5.56 Å². The molecular weight excluding hydrogens is 217 g/mol. The van der Waals surface area contributed by atoms with E-state index in [9.17, 15) is 4.39 Å². The van der Waals surface area contributed by atoms with Gasteiger partial charge in [0.1, 0.15) is 17.4 Å². The minimum absolute atomic E-state index is 0.112. The van der Waals surface area contributed by atoms with Crippen molar-refractivity contribution in [3.8, 4) is 6.07 Å². The predicted molar refractivity (Wildman–Crippen MR) is 65.2 cm³/mol. The van der Waals surface area contributed by atoms with Crippen molar-refractivity contribution in [1.82, 2.24) is 5.32 Å². The zero-order chi connectivity index (χ0) is 12.1. The van der Waals surface area contributed by atoms with Crippen LogP contribution in [0.25, 0.3) is 0 Å². The quantitative estimate of drug-likeness (QED) is 0.840. The summed E-state index contributed by atoms with van der Waals surface area (Å²) >= 11 is 0. The average molecular weight is 233 g/mol. The molecule has 0 aromatic heterocycles. The lowest BCUT2D eigenvalue weighted by Gasteiger charge is -2.23. The maximum absolute atomic E-state index is 13.3. The number of nitrogens with zero attached hydrogens (tertiary/aromatic N) is 1. The third-order valence-electron chi connectivity index (χ3n) is 3.17. The van der Waals surface area contributed by atoms with Crippen LogP contribution in [0.15, 0.2) is 18.2 Å². The summed E-state index contributed by atoms with van der Waals surface area (Å²) in [5.74, 6) is 0.147. The minimum atomic E-state index is -0.456. The number of piperidine rings is 1. The Labute approximate surface area is 101 Å². The van der Waals surface area contributed by atoms with Crippen LogP contribution in [-0.4, -0.2) is 19.6 Å². The number of benzene rings is 1. The van der Waals surface area contributed by atoms with Gasteiger partial charge >= 0.3 is 0 Å². The molecule has 1 aromatic rings. The summed E-state index contributed by atoms with van der Waals surface area (Å²) < 4.78 is 13.3. The molecule has 1 aliphatic rings. The first-order valence-electron chi connectivity index (χ1n) is 5.94. The second kappa shape index (κ2) is 5.65. The third kappa shape index (κ3) is 2.95. The van der Waals surface area contributed by atoms with Crippen molar-refractivity contribution in [2.75, 3.05) is 25.0 Å². The molecule has 0 atom stereocenters. The molecule has 17 heavy (non-hydrogen) atoms. The largest absolute Gasteiger partial charge is 0.384 e. The summed E-state index contributed by atoms with van der Waals surface area (Å²) in [6, 6.07) is 6.59. The van der Waals surface area contributed by atoms with Crippen LogP contribution in [0.5, 0.6) is 0 Å². The standard InChI is InChI=1S/C13H16FN3/c14-12-2-1-3-13(11(12)8-15)17-9-10-4-6-16-7-5-10/h1-3,10,16-17H,4-7,9H2. The van der Waals surface area contributed by atoms with Gasteiger partial charge in [-0.15, -0.1) is 0 Å². The molecule has 0 saturated carbocycles. The Morgan fingerprint density at radius 1 is 1.41 bits per heavy atom. The molecule has 0 amide bonds. The van der Waals surface area contributed by atoms with Gasteiger partial charge in [0.25, 0.3) is 0 Å². The van der Waals surface area contributed by atoms with Crippen LogP contribution >= 0.6 is 0 Å². The fourth-order valence-corrected chi connectivity index (χ4v) is 2.13. The van der Waals surface area contributed by atoms with Crippen molar-refractivity contribution in [3.05, 3.63) is 29.6 Å². The topological polar surface area (TPSA) is 47.9 Å². The molecular formula is C13H16FN3. The molecule has 0 bridgehead atoms. The van der Waals surface area contributed by atoms with Gasteiger partial charge in [0, 0.05) is 6.54 Å².